The third-order valence-electron chi connectivity index (χ3n) is 4.13. The second-order valence-electron chi connectivity index (χ2n) is 6.35. The fourth-order valence-electron chi connectivity index (χ4n) is 2.73. The van der Waals surface area contributed by atoms with Crippen LogP contribution in [0.2, 0.25) is 0 Å². The Balaban J connectivity index is 1.73. The van der Waals surface area contributed by atoms with Gasteiger partial charge in [0.2, 0.25) is 0 Å². The van der Waals surface area contributed by atoms with Gasteiger partial charge in [-0.05, 0) is 18.9 Å². The third-order valence-corrected chi connectivity index (χ3v) is 4.13. The van der Waals surface area contributed by atoms with Gasteiger partial charge in [-0.15, -0.1) is 0 Å². The molecule has 0 amide bonds. The van der Waals surface area contributed by atoms with Crippen molar-refractivity contribution in [1.29, 1.82) is 0 Å². The number of hydrogen-bond donors (Lipinski definition) is 2. The lowest BCUT2D eigenvalue weighted by molar-refractivity contribution is 0.0702. The van der Waals surface area contributed by atoms with Crippen LogP contribution in [0, 0.1) is 0 Å². The van der Waals surface area contributed by atoms with E-state index in [1.165, 1.54) is 5.56 Å². The van der Waals surface area contributed by atoms with Crippen LogP contribution in [0.3, 0.4) is 0 Å². The first kappa shape index (κ1) is 21.9. The standard InChI is InChI=1S/C21H33N5O2/c1-3-22-21(24-11-7-15-28-17-16-27-2)25-12-10-20-23-13-14-26(20)18-19-8-5-4-6-9-19/h4-6,8-9,13-14H,3,7,10-12,15-18H2,1-2H3,(H2,22,24,25). The predicted octanol–water partition coefficient (Wildman–Crippen LogP) is 2.08. The predicted molar refractivity (Wildman–Crippen MR) is 113 cm³/mol. The average molecular weight is 388 g/mol. The van der Waals surface area contributed by atoms with Crippen molar-refractivity contribution < 1.29 is 9.47 Å². The lowest BCUT2D eigenvalue weighted by Crippen LogP contribution is -2.38. The van der Waals surface area contributed by atoms with E-state index in [1.54, 1.807) is 7.11 Å². The van der Waals surface area contributed by atoms with Gasteiger partial charge in [0.1, 0.15) is 5.82 Å². The van der Waals surface area contributed by atoms with Crippen molar-refractivity contribution in [3.63, 3.8) is 0 Å². The van der Waals surface area contributed by atoms with Gasteiger partial charge in [0.15, 0.2) is 5.96 Å². The molecular formula is C21H33N5O2. The zero-order valence-electron chi connectivity index (χ0n) is 17.1. The molecule has 7 heteroatoms. The molecule has 0 radical (unpaired) electrons. The molecule has 0 fully saturated rings. The maximum absolute atomic E-state index is 5.46. The number of imidazole rings is 1. The van der Waals surface area contributed by atoms with Crippen molar-refractivity contribution in [2.75, 3.05) is 46.6 Å². The molecule has 28 heavy (non-hydrogen) atoms. The number of guanidine groups is 1. The van der Waals surface area contributed by atoms with Crippen LogP contribution in [0.1, 0.15) is 24.7 Å². The first-order chi connectivity index (χ1) is 13.8. The molecule has 7 nitrogen and oxygen atoms in total. The van der Waals surface area contributed by atoms with Crippen molar-refractivity contribution >= 4 is 5.96 Å². The maximum atomic E-state index is 5.46. The van der Waals surface area contributed by atoms with Gasteiger partial charge in [0.25, 0.3) is 0 Å². The van der Waals surface area contributed by atoms with Gasteiger partial charge in [-0.25, -0.2) is 4.98 Å². The number of aromatic nitrogens is 2. The molecule has 0 aliphatic carbocycles. The van der Waals surface area contributed by atoms with Gasteiger partial charge < -0.3 is 24.7 Å². The SMILES string of the molecule is CCNC(=NCCCOCCOC)NCCc1nccn1Cc1ccccc1. The monoisotopic (exact) mass is 387 g/mol. The summed E-state index contributed by atoms with van der Waals surface area (Å²) >= 11 is 0. The zero-order chi connectivity index (χ0) is 19.9. The molecule has 1 heterocycles. The van der Waals surface area contributed by atoms with E-state index in [9.17, 15) is 0 Å². The highest BCUT2D eigenvalue weighted by Crippen LogP contribution is 2.05. The van der Waals surface area contributed by atoms with Gasteiger partial charge in [-0.1, -0.05) is 30.3 Å². The highest BCUT2D eigenvalue weighted by atomic mass is 16.5. The van der Waals surface area contributed by atoms with Crippen molar-refractivity contribution in [2.24, 2.45) is 4.99 Å². The van der Waals surface area contributed by atoms with E-state index in [4.69, 9.17) is 9.47 Å². The third kappa shape index (κ3) is 8.54. The summed E-state index contributed by atoms with van der Waals surface area (Å²) in [5, 5.41) is 6.67. The Morgan fingerprint density at radius 3 is 2.79 bits per heavy atom. The number of hydrogen-bond acceptors (Lipinski definition) is 4. The molecule has 2 N–H and O–H groups in total. The number of aliphatic imine (C=N–C) groups is 1. The summed E-state index contributed by atoms with van der Waals surface area (Å²) in [7, 11) is 1.68. The van der Waals surface area contributed by atoms with Crippen molar-refractivity contribution in [3.8, 4) is 0 Å². The lowest BCUT2D eigenvalue weighted by atomic mass is 10.2. The Bertz CT molecular complexity index is 672. The first-order valence-corrected chi connectivity index (χ1v) is 9.96. The summed E-state index contributed by atoms with van der Waals surface area (Å²) in [6, 6.07) is 10.4. The van der Waals surface area contributed by atoms with Crippen LogP contribution in [0.5, 0.6) is 0 Å². The smallest absolute Gasteiger partial charge is 0.191 e. The van der Waals surface area contributed by atoms with E-state index >= 15 is 0 Å². The topological polar surface area (TPSA) is 72.7 Å². The first-order valence-electron chi connectivity index (χ1n) is 9.96. The molecule has 0 saturated heterocycles. The molecule has 1 aromatic heterocycles. The number of ether oxygens (including phenoxy) is 2. The van der Waals surface area contributed by atoms with Crippen LogP contribution in [0.15, 0.2) is 47.7 Å². The molecule has 1 aromatic carbocycles. The zero-order valence-corrected chi connectivity index (χ0v) is 17.1. The lowest BCUT2D eigenvalue weighted by Gasteiger charge is -2.12. The van der Waals surface area contributed by atoms with E-state index in [1.807, 2.05) is 18.5 Å². The number of methoxy groups -OCH3 is 1. The molecule has 0 unspecified atom stereocenters. The summed E-state index contributed by atoms with van der Waals surface area (Å²) in [5.74, 6) is 1.90. The number of nitrogens with zero attached hydrogens (tertiary/aromatic N) is 3. The average Bonchev–Trinajstić information content (AvgIpc) is 3.15. The molecule has 154 valence electrons. The van der Waals surface area contributed by atoms with E-state index in [0.29, 0.717) is 19.8 Å². The molecule has 0 bridgehead atoms. The van der Waals surface area contributed by atoms with Crippen molar-refractivity contribution in [1.82, 2.24) is 20.2 Å². The molecule has 0 atom stereocenters. The van der Waals surface area contributed by atoms with Crippen LogP contribution in [0.25, 0.3) is 0 Å². The summed E-state index contributed by atoms with van der Waals surface area (Å²) in [4.78, 5) is 9.10. The summed E-state index contributed by atoms with van der Waals surface area (Å²) in [6.07, 6.45) is 5.62. The van der Waals surface area contributed by atoms with E-state index in [0.717, 1.165) is 50.8 Å². The molecule has 2 aromatic rings. The van der Waals surface area contributed by atoms with E-state index < -0.39 is 0 Å². The summed E-state index contributed by atoms with van der Waals surface area (Å²) in [5.41, 5.74) is 1.28. The molecule has 0 saturated carbocycles. The Morgan fingerprint density at radius 1 is 1.14 bits per heavy atom. The molecule has 0 aliphatic heterocycles. The van der Waals surface area contributed by atoms with Gasteiger partial charge in [0.05, 0.1) is 13.2 Å². The van der Waals surface area contributed by atoms with Crippen LogP contribution >= 0.6 is 0 Å². The minimum atomic E-state index is 0.632. The molecule has 0 aliphatic rings. The van der Waals surface area contributed by atoms with Gasteiger partial charge >= 0.3 is 0 Å². The molecular weight excluding hydrogens is 354 g/mol. The van der Waals surface area contributed by atoms with Crippen LogP contribution in [0.4, 0.5) is 0 Å². The second kappa shape index (κ2) is 13.7. The van der Waals surface area contributed by atoms with E-state index in [2.05, 4.69) is 56.4 Å². The highest BCUT2D eigenvalue weighted by Gasteiger charge is 2.04. The van der Waals surface area contributed by atoms with Crippen molar-refractivity contribution in [3.05, 3.63) is 54.1 Å². The van der Waals surface area contributed by atoms with Crippen LogP contribution in [-0.2, 0) is 22.4 Å². The van der Waals surface area contributed by atoms with Crippen molar-refractivity contribution in [2.45, 2.75) is 26.3 Å². The fourth-order valence-corrected chi connectivity index (χ4v) is 2.73. The van der Waals surface area contributed by atoms with Crippen LogP contribution in [-0.4, -0.2) is 62.1 Å². The van der Waals surface area contributed by atoms with Gasteiger partial charge in [0, 0.05) is 58.7 Å². The number of nitrogens with one attached hydrogen (secondary N) is 2. The summed E-state index contributed by atoms with van der Waals surface area (Å²) < 4.78 is 12.6. The highest BCUT2D eigenvalue weighted by molar-refractivity contribution is 5.79. The molecule has 0 spiro atoms. The number of rotatable bonds is 13. The largest absolute Gasteiger partial charge is 0.382 e. The minimum absolute atomic E-state index is 0.632. The Kier molecular flexibility index (Phi) is 10.8. The maximum Gasteiger partial charge on any atom is 0.191 e. The normalized spacial score (nSPS) is 11.6. The van der Waals surface area contributed by atoms with Gasteiger partial charge in [-0.2, -0.15) is 0 Å². The Labute approximate surface area is 168 Å². The van der Waals surface area contributed by atoms with Crippen LogP contribution < -0.4 is 10.6 Å². The Hall–Kier alpha value is -2.38. The minimum Gasteiger partial charge on any atom is -0.382 e. The second-order valence-corrected chi connectivity index (χ2v) is 6.35. The van der Waals surface area contributed by atoms with Gasteiger partial charge in [-0.3, -0.25) is 4.99 Å². The summed E-state index contributed by atoms with van der Waals surface area (Å²) in [6.45, 7) is 7.21. The fraction of sp³-hybridized carbons (Fsp3) is 0.524. The number of benzene rings is 1. The Morgan fingerprint density at radius 2 is 2.00 bits per heavy atom. The quantitative estimate of drug-likeness (QED) is 0.313. The molecule has 2 rings (SSSR count). The van der Waals surface area contributed by atoms with E-state index in [-0.39, 0.29) is 0 Å².